The first-order valence-electron chi connectivity index (χ1n) is 6.76. The first kappa shape index (κ1) is 14.7. The SMILES string of the molecule is CC1=CC(=O)NC1=O.c1ccc(Cc2ccccc2)cc1. The maximum atomic E-state index is 10.4. The molecule has 0 spiro atoms. The zero-order chi connectivity index (χ0) is 15.1. The molecule has 3 heteroatoms. The third-order valence-electron chi connectivity index (χ3n) is 3.04. The molecule has 0 fully saturated rings. The first-order valence-corrected chi connectivity index (χ1v) is 6.76. The highest BCUT2D eigenvalue weighted by atomic mass is 16.2. The predicted molar refractivity (Wildman–Crippen MR) is 82.6 cm³/mol. The molecule has 1 aliphatic rings. The van der Waals surface area contributed by atoms with E-state index in [2.05, 4.69) is 66.0 Å². The summed E-state index contributed by atoms with van der Waals surface area (Å²) in [5, 5.41) is 2.10. The topological polar surface area (TPSA) is 46.2 Å². The number of imide groups is 1. The maximum absolute atomic E-state index is 10.4. The summed E-state index contributed by atoms with van der Waals surface area (Å²) in [6, 6.07) is 21.1. The largest absolute Gasteiger partial charge is 0.289 e. The number of rotatable bonds is 2. The Labute approximate surface area is 124 Å². The van der Waals surface area contributed by atoms with Crippen LogP contribution in [0.25, 0.3) is 0 Å². The van der Waals surface area contributed by atoms with Crippen LogP contribution in [0.15, 0.2) is 72.3 Å². The minimum atomic E-state index is -0.312. The van der Waals surface area contributed by atoms with Gasteiger partial charge < -0.3 is 0 Å². The second kappa shape index (κ2) is 7.20. The van der Waals surface area contributed by atoms with Gasteiger partial charge in [0.25, 0.3) is 11.8 Å². The van der Waals surface area contributed by atoms with Crippen molar-refractivity contribution in [2.45, 2.75) is 13.3 Å². The van der Waals surface area contributed by atoms with E-state index >= 15 is 0 Å². The molecule has 0 aliphatic carbocycles. The van der Waals surface area contributed by atoms with Gasteiger partial charge in [-0.3, -0.25) is 14.9 Å². The highest BCUT2D eigenvalue weighted by molar-refractivity contribution is 6.15. The Morgan fingerprint density at radius 3 is 1.57 bits per heavy atom. The van der Waals surface area contributed by atoms with Crippen LogP contribution in [0.3, 0.4) is 0 Å². The summed E-state index contributed by atoms with van der Waals surface area (Å²) in [7, 11) is 0. The third-order valence-corrected chi connectivity index (χ3v) is 3.04. The Bertz CT molecular complexity index is 608. The first-order chi connectivity index (χ1) is 10.1. The Balaban J connectivity index is 0.000000173. The van der Waals surface area contributed by atoms with Gasteiger partial charge in [-0.25, -0.2) is 0 Å². The van der Waals surface area contributed by atoms with Gasteiger partial charge in [0, 0.05) is 11.6 Å². The van der Waals surface area contributed by atoms with E-state index in [9.17, 15) is 9.59 Å². The van der Waals surface area contributed by atoms with E-state index in [4.69, 9.17) is 0 Å². The fraction of sp³-hybridized carbons (Fsp3) is 0.111. The van der Waals surface area contributed by atoms with Crippen molar-refractivity contribution in [3.8, 4) is 0 Å². The van der Waals surface area contributed by atoms with Crippen LogP contribution in [0.2, 0.25) is 0 Å². The molecule has 0 radical (unpaired) electrons. The van der Waals surface area contributed by atoms with Gasteiger partial charge in [0.2, 0.25) is 0 Å². The van der Waals surface area contributed by atoms with Gasteiger partial charge in [0.05, 0.1) is 0 Å². The lowest BCUT2D eigenvalue weighted by Gasteiger charge is -2.00. The van der Waals surface area contributed by atoms with Crippen LogP contribution in [0.1, 0.15) is 18.1 Å². The van der Waals surface area contributed by atoms with Crippen molar-refractivity contribution in [3.05, 3.63) is 83.4 Å². The Morgan fingerprint density at radius 2 is 1.29 bits per heavy atom. The van der Waals surface area contributed by atoms with Crippen molar-refractivity contribution in [1.82, 2.24) is 5.32 Å². The molecule has 3 rings (SSSR count). The van der Waals surface area contributed by atoms with Crippen LogP contribution < -0.4 is 5.32 Å². The highest BCUT2D eigenvalue weighted by Gasteiger charge is 2.15. The number of benzene rings is 2. The quantitative estimate of drug-likeness (QED) is 0.859. The molecule has 1 aliphatic heterocycles. The normalized spacial score (nSPS) is 13.1. The van der Waals surface area contributed by atoms with Crippen LogP contribution in [0.5, 0.6) is 0 Å². The molecule has 2 aromatic carbocycles. The summed E-state index contributed by atoms with van der Waals surface area (Å²) in [5.41, 5.74) is 3.22. The molecule has 1 N–H and O–H groups in total. The van der Waals surface area contributed by atoms with Crippen molar-refractivity contribution in [2.24, 2.45) is 0 Å². The molecule has 0 bridgehead atoms. The van der Waals surface area contributed by atoms with Crippen LogP contribution in [-0.4, -0.2) is 11.8 Å². The van der Waals surface area contributed by atoms with Crippen molar-refractivity contribution in [3.63, 3.8) is 0 Å². The van der Waals surface area contributed by atoms with E-state index in [1.54, 1.807) is 6.92 Å². The van der Waals surface area contributed by atoms with Crippen LogP contribution in [-0.2, 0) is 16.0 Å². The lowest BCUT2D eigenvalue weighted by molar-refractivity contribution is -0.123. The van der Waals surface area contributed by atoms with Gasteiger partial charge in [-0.2, -0.15) is 0 Å². The summed E-state index contributed by atoms with van der Waals surface area (Å²) in [5.74, 6) is -0.595. The minimum absolute atomic E-state index is 0.282. The summed E-state index contributed by atoms with van der Waals surface area (Å²) < 4.78 is 0. The zero-order valence-electron chi connectivity index (χ0n) is 11.9. The maximum Gasteiger partial charge on any atom is 0.253 e. The fourth-order valence-corrected chi connectivity index (χ4v) is 1.94. The summed E-state index contributed by atoms with van der Waals surface area (Å²) in [6.07, 6.45) is 2.31. The number of hydrogen-bond donors (Lipinski definition) is 1. The number of carbonyl (C=O) groups is 2. The summed E-state index contributed by atoms with van der Waals surface area (Å²) >= 11 is 0. The van der Waals surface area contributed by atoms with Crippen molar-refractivity contribution >= 4 is 11.8 Å². The molecule has 2 amide bonds. The van der Waals surface area contributed by atoms with E-state index in [0.717, 1.165) is 6.42 Å². The molecule has 21 heavy (non-hydrogen) atoms. The molecule has 0 atom stereocenters. The highest BCUT2D eigenvalue weighted by Crippen LogP contribution is 2.07. The smallest absolute Gasteiger partial charge is 0.253 e. The van der Waals surface area contributed by atoms with Crippen LogP contribution in [0, 0.1) is 0 Å². The molecular weight excluding hydrogens is 262 g/mol. The second-order valence-electron chi connectivity index (χ2n) is 4.79. The Hall–Kier alpha value is -2.68. The molecule has 106 valence electrons. The van der Waals surface area contributed by atoms with E-state index < -0.39 is 0 Å². The third kappa shape index (κ3) is 4.73. The van der Waals surface area contributed by atoms with Gasteiger partial charge in [-0.15, -0.1) is 0 Å². The second-order valence-corrected chi connectivity index (χ2v) is 4.79. The monoisotopic (exact) mass is 279 g/mol. The summed E-state index contributed by atoms with van der Waals surface area (Å²) in [6.45, 7) is 1.60. The van der Waals surface area contributed by atoms with Crippen LogP contribution in [0.4, 0.5) is 0 Å². The average molecular weight is 279 g/mol. The molecule has 0 saturated carbocycles. The van der Waals surface area contributed by atoms with Gasteiger partial charge in [0.15, 0.2) is 0 Å². The Kier molecular flexibility index (Phi) is 5.04. The van der Waals surface area contributed by atoms with Crippen molar-refractivity contribution in [1.29, 1.82) is 0 Å². The zero-order valence-corrected chi connectivity index (χ0v) is 11.9. The number of carbonyl (C=O) groups excluding carboxylic acids is 2. The molecule has 0 unspecified atom stereocenters. The molecule has 0 aromatic heterocycles. The van der Waals surface area contributed by atoms with E-state index in [0.29, 0.717) is 5.57 Å². The molecule has 0 saturated heterocycles. The Morgan fingerprint density at radius 1 is 0.810 bits per heavy atom. The predicted octanol–water partition coefficient (Wildman–Crippen LogP) is 2.87. The van der Waals surface area contributed by atoms with Gasteiger partial charge in [-0.1, -0.05) is 60.7 Å². The standard InChI is InChI=1S/C13H12.C5H5NO2/c1-3-7-12(8-4-1)11-13-9-5-2-6-10-13;1-3-2-4(7)6-5(3)8/h1-10H,11H2;2H,1H3,(H,6,7,8). The lowest BCUT2D eigenvalue weighted by Crippen LogP contribution is -2.21. The van der Waals surface area contributed by atoms with Crippen LogP contribution >= 0.6 is 0 Å². The number of amides is 2. The summed E-state index contributed by atoms with van der Waals surface area (Å²) in [4.78, 5) is 20.6. The van der Waals surface area contributed by atoms with E-state index in [1.807, 2.05) is 0 Å². The number of nitrogens with one attached hydrogen (secondary N) is 1. The van der Waals surface area contributed by atoms with Gasteiger partial charge >= 0.3 is 0 Å². The molecular formula is C18H17NO2. The average Bonchev–Trinajstić information content (AvgIpc) is 2.78. The van der Waals surface area contributed by atoms with E-state index in [-0.39, 0.29) is 11.8 Å². The number of hydrogen-bond acceptors (Lipinski definition) is 2. The van der Waals surface area contributed by atoms with Gasteiger partial charge in [0.1, 0.15) is 0 Å². The van der Waals surface area contributed by atoms with E-state index in [1.165, 1.54) is 17.2 Å². The minimum Gasteiger partial charge on any atom is -0.289 e. The fourth-order valence-electron chi connectivity index (χ4n) is 1.94. The lowest BCUT2D eigenvalue weighted by atomic mass is 10.1. The molecule has 3 nitrogen and oxygen atoms in total. The molecule has 2 aromatic rings. The molecule has 1 heterocycles. The van der Waals surface area contributed by atoms with Gasteiger partial charge in [-0.05, 0) is 24.5 Å². The van der Waals surface area contributed by atoms with Crippen molar-refractivity contribution in [2.75, 3.05) is 0 Å². The van der Waals surface area contributed by atoms with Crippen molar-refractivity contribution < 1.29 is 9.59 Å².